The molecular formula is C17H23N5O2S. The number of carbonyl (C=O) groups excluding carboxylic acids is 2. The van der Waals surface area contributed by atoms with Crippen LogP contribution >= 0.6 is 11.8 Å². The molecule has 25 heavy (non-hydrogen) atoms. The molecule has 8 heteroatoms. The number of thioether (sulfide) groups is 1. The fourth-order valence-corrected chi connectivity index (χ4v) is 3.20. The van der Waals surface area contributed by atoms with Crippen molar-refractivity contribution < 1.29 is 9.59 Å². The largest absolute Gasteiger partial charge is 0.336 e. The van der Waals surface area contributed by atoms with Crippen LogP contribution in [0.25, 0.3) is 0 Å². The maximum atomic E-state index is 12.2. The highest BCUT2D eigenvalue weighted by atomic mass is 32.2. The summed E-state index contributed by atoms with van der Waals surface area (Å²) in [4.78, 5) is 25.7. The highest BCUT2D eigenvalue weighted by Gasteiger charge is 2.16. The van der Waals surface area contributed by atoms with Gasteiger partial charge in [-0.3, -0.25) is 9.59 Å². The minimum atomic E-state index is -0.225. The van der Waals surface area contributed by atoms with Gasteiger partial charge in [-0.2, -0.15) is 0 Å². The third-order valence-electron chi connectivity index (χ3n) is 3.68. The van der Waals surface area contributed by atoms with Gasteiger partial charge in [0, 0.05) is 19.3 Å². The van der Waals surface area contributed by atoms with Crippen molar-refractivity contribution >= 4 is 29.3 Å². The fourth-order valence-electron chi connectivity index (χ4n) is 2.21. The predicted molar refractivity (Wildman–Crippen MR) is 98.6 cm³/mol. The van der Waals surface area contributed by atoms with Gasteiger partial charge in [0.05, 0.1) is 12.3 Å². The van der Waals surface area contributed by atoms with Crippen molar-refractivity contribution in [1.82, 2.24) is 19.7 Å². The molecule has 0 spiro atoms. The quantitative estimate of drug-likeness (QED) is 0.764. The number of amides is 2. The summed E-state index contributed by atoms with van der Waals surface area (Å²) >= 11 is 1.33. The SMILES string of the molecule is CCn1c(C)nnc1SCC(=O)N(C)CC(=O)Nc1ccc(C)cc1. The number of nitrogens with one attached hydrogen (secondary N) is 1. The second-order valence-corrected chi connectivity index (χ2v) is 6.67. The first-order valence-electron chi connectivity index (χ1n) is 8.03. The van der Waals surface area contributed by atoms with Crippen molar-refractivity contribution in [3.05, 3.63) is 35.7 Å². The third kappa shape index (κ3) is 5.32. The minimum absolute atomic E-state index is 0.00671. The second kappa shape index (κ2) is 8.66. The van der Waals surface area contributed by atoms with E-state index < -0.39 is 0 Å². The van der Waals surface area contributed by atoms with Gasteiger partial charge in [0.1, 0.15) is 5.82 Å². The molecule has 0 fully saturated rings. The van der Waals surface area contributed by atoms with E-state index in [2.05, 4.69) is 15.5 Å². The van der Waals surface area contributed by atoms with E-state index in [1.807, 2.05) is 49.6 Å². The van der Waals surface area contributed by atoms with Crippen LogP contribution in [0.4, 0.5) is 5.69 Å². The van der Waals surface area contributed by atoms with Crippen LogP contribution in [0.15, 0.2) is 29.4 Å². The smallest absolute Gasteiger partial charge is 0.243 e. The molecular weight excluding hydrogens is 338 g/mol. The Balaban J connectivity index is 1.83. The van der Waals surface area contributed by atoms with Gasteiger partial charge in [0.25, 0.3) is 0 Å². The molecule has 1 N–H and O–H groups in total. The molecule has 0 radical (unpaired) electrons. The lowest BCUT2D eigenvalue weighted by Gasteiger charge is -2.16. The number of hydrogen-bond donors (Lipinski definition) is 1. The van der Waals surface area contributed by atoms with Gasteiger partial charge in [0.15, 0.2) is 5.16 Å². The average molecular weight is 361 g/mol. The number of aromatic nitrogens is 3. The number of anilines is 1. The van der Waals surface area contributed by atoms with Crippen LogP contribution in [0.1, 0.15) is 18.3 Å². The highest BCUT2D eigenvalue weighted by Crippen LogP contribution is 2.17. The van der Waals surface area contributed by atoms with E-state index in [9.17, 15) is 9.59 Å². The van der Waals surface area contributed by atoms with Crippen molar-refractivity contribution in [2.45, 2.75) is 32.5 Å². The minimum Gasteiger partial charge on any atom is -0.336 e. The summed E-state index contributed by atoms with van der Waals surface area (Å²) in [7, 11) is 1.62. The van der Waals surface area contributed by atoms with Gasteiger partial charge in [-0.25, -0.2) is 0 Å². The zero-order valence-corrected chi connectivity index (χ0v) is 15.8. The topological polar surface area (TPSA) is 80.1 Å². The van der Waals surface area contributed by atoms with E-state index in [4.69, 9.17) is 0 Å². The second-order valence-electron chi connectivity index (χ2n) is 5.73. The molecule has 134 valence electrons. The number of likely N-dealkylation sites (N-methyl/N-ethyl adjacent to an activating group) is 1. The predicted octanol–water partition coefficient (Wildman–Crippen LogP) is 2.10. The van der Waals surface area contributed by atoms with Crippen LogP contribution in [0, 0.1) is 13.8 Å². The molecule has 0 atom stereocenters. The van der Waals surface area contributed by atoms with Gasteiger partial charge in [-0.05, 0) is 32.9 Å². The van der Waals surface area contributed by atoms with E-state index in [1.54, 1.807) is 7.05 Å². The van der Waals surface area contributed by atoms with Crippen molar-refractivity contribution in [3.63, 3.8) is 0 Å². The van der Waals surface area contributed by atoms with Crippen molar-refractivity contribution in [2.75, 3.05) is 24.7 Å². The van der Waals surface area contributed by atoms with Gasteiger partial charge >= 0.3 is 0 Å². The maximum absolute atomic E-state index is 12.2. The lowest BCUT2D eigenvalue weighted by atomic mass is 10.2. The summed E-state index contributed by atoms with van der Waals surface area (Å²) in [6.45, 7) is 6.63. The van der Waals surface area contributed by atoms with Crippen LogP contribution in [0.2, 0.25) is 0 Å². The molecule has 1 heterocycles. The molecule has 2 amide bonds. The van der Waals surface area contributed by atoms with Crippen molar-refractivity contribution in [1.29, 1.82) is 0 Å². The zero-order chi connectivity index (χ0) is 18.4. The lowest BCUT2D eigenvalue weighted by molar-refractivity contribution is -0.131. The van der Waals surface area contributed by atoms with Crippen LogP contribution in [-0.4, -0.2) is 50.8 Å². The Bertz CT molecular complexity index is 742. The van der Waals surface area contributed by atoms with Crippen molar-refractivity contribution in [2.24, 2.45) is 0 Å². The van der Waals surface area contributed by atoms with Gasteiger partial charge in [-0.15, -0.1) is 10.2 Å². The Labute approximate surface area is 151 Å². The van der Waals surface area contributed by atoms with E-state index in [1.165, 1.54) is 16.7 Å². The van der Waals surface area contributed by atoms with Crippen LogP contribution in [-0.2, 0) is 16.1 Å². The number of carbonyl (C=O) groups is 2. The summed E-state index contributed by atoms with van der Waals surface area (Å²) in [5.41, 5.74) is 1.84. The molecule has 2 aromatic rings. The molecule has 1 aromatic carbocycles. The Morgan fingerprint density at radius 2 is 1.88 bits per heavy atom. The maximum Gasteiger partial charge on any atom is 0.243 e. The number of aryl methyl sites for hydroxylation is 2. The summed E-state index contributed by atoms with van der Waals surface area (Å²) < 4.78 is 1.95. The monoisotopic (exact) mass is 361 g/mol. The molecule has 0 aliphatic heterocycles. The van der Waals surface area contributed by atoms with E-state index >= 15 is 0 Å². The molecule has 0 unspecified atom stereocenters. The first kappa shape index (κ1) is 19.0. The molecule has 0 saturated carbocycles. The third-order valence-corrected chi connectivity index (χ3v) is 4.64. The lowest BCUT2D eigenvalue weighted by Crippen LogP contribution is -2.36. The van der Waals surface area contributed by atoms with Crippen molar-refractivity contribution in [3.8, 4) is 0 Å². The Hall–Kier alpha value is -2.35. The first-order valence-corrected chi connectivity index (χ1v) is 9.02. The highest BCUT2D eigenvalue weighted by molar-refractivity contribution is 7.99. The number of benzene rings is 1. The Morgan fingerprint density at radius 3 is 2.52 bits per heavy atom. The summed E-state index contributed by atoms with van der Waals surface area (Å²) in [6, 6.07) is 7.52. The van der Waals surface area contributed by atoms with E-state index in [0.29, 0.717) is 5.16 Å². The van der Waals surface area contributed by atoms with E-state index in [0.717, 1.165) is 23.6 Å². The zero-order valence-electron chi connectivity index (χ0n) is 14.9. The fraction of sp³-hybridized carbons (Fsp3) is 0.412. The Morgan fingerprint density at radius 1 is 1.20 bits per heavy atom. The molecule has 0 bridgehead atoms. The van der Waals surface area contributed by atoms with Crippen LogP contribution < -0.4 is 5.32 Å². The molecule has 7 nitrogen and oxygen atoms in total. The van der Waals surface area contributed by atoms with Gasteiger partial charge < -0.3 is 14.8 Å². The van der Waals surface area contributed by atoms with Crippen LogP contribution in [0.5, 0.6) is 0 Å². The van der Waals surface area contributed by atoms with E-state index in [-0.39, 0.29) is 24.1 Å². The molecule has 0 saturated heterocycles. The van der Waals surface area contributed by atoms with Gasteiger partial charge in [-0.1, -0.05) is 29.5 Å². The first-order chi connectivity index (χ1) is 11.9. The normalized spacial score (nSPS) is 10.6. The summed E-state index contributed by atoms with van der Waals surface area (Å²) in [5.74, 6) is 0.680. The molecule has 0 aliphatic carbocycles. The number of rotatable bonds is 7. The standard InChI is InChI=1S/C17H23N5O2S/c1-5-22-13(3)19-20-17(22)25-11-16(24)21(4)10-15(23)18-14-8-6-12(2)7-9-14/h6-9H,5,10-11H2,1-4H3,(H,18,23). The van der Waals surface area contributed by atoms with Gasteiger partial charge in [0.2, 0.25) is 11.8 Å². The molecule has 1 aromatic heterocycles. The van der Waals surface area contributed by atoms with Crippen LogP contribution in [0.3, 0.4) is 0 Å². The molecule has 0 aliphatic rings. The summed E-state index contributed by atoms with van der Waals surface area (Å²) in [6.07, 6.45) is 0. The summed E-state index contributed by atoms with van der Waals surface area (Å²) in [5, 5.41) is 11.6. The average Bonchev–Trinajstić information content (AvgIpc) is 2.94. The Kier molecular flexibility index (Phi) is 6.58. The molecule has 2 rings (SSSR count). The number of nitrogens with zero attached hydrogens (tertiary/aromatic N) is 4. The number of hydrogen-bond acceptors (Lipinski definition) is 5.